The summed E-state index contributed by atoms with van der Waals surface area (Å²) in [5, 5.41) is 0. The van der Waals surface area contributed by atoms with Gasteiger partial charge in [-0.05, 0) is 44.2 Å². The highest BCUT2D eigenvalue weighted by molar-refractivity contribution is 6.09. The number of nitrogens with zero attached hydrogens (tertiary/aromatic N) is 1. The van der Waals surface area contributed by atoms with Gasteiger partial charge in [0.1, 0.15) is 5.75 Å². The molecule has 0 spiro atoms. The van der Waals surface area contributed by atoms with Crippen LogP contribution >= 0.6 is 0 Å². The fourth-order valence-electron chi connectivity index (χ4n) is 2.47. The van der Waals surface area contributed by atoms with Crippen LogP contribution in [-0.2, 0) is 4.74 Å². The lowest BCUT2D eigenvalue weighted by Gasteiger charge is -2.23. The molecule has 0 aliphatic rings. The van der Waals surface area contributed by atoms with Gasteiger partial charge in [0.25, 0.3) is 5.91 Å². The van der Waals surface area contributed by atoms with Crippen LogP contribution in [0.15, 0.2) is 48.5 Å². The molecule has 2 rings (SSSR count). The topological polar surface area (TPSA) is 55.8 Å². The summed E-state index contributed by atoms with van der Waals surface area (Å²) in [6.45, 7) is 0.944. The summed E-state index contributed by atoms with van der Waals surface area (Å²) in [7, 11) is 0. The second-order valence-corrected chi connectivity index (χ2v) is 5.19. The number of anilines is 1. The minimum Gasteiger partial charge on any atom is -0.462 e. The number of amides is 1. The Balaban J connectivity index is 2.37. The third-order valence-electron chi connectivity index (χ3n) is 3.56. The first-order valence-electron chi connectivity index (χ1n) is 8.10. The Kier molecular flexibility index (Phi) is 6.66. The van der Waals surface area contributed by atoms with E-state index in [9.17, 15) is 18.4 Å². The van der Waals surface area contributed by atoms with Crippen LogP contribution in [0.5, 0.6) is 5.75 Å². The highest BCUT2D eigenvalue weighted by Gasteiger charge is 2.22. The number of benzene rings is 2. The molecule has 0 aliphatic heterocycles. The average molecular weight is 363 g/mol. The van der Waals surface area contributed by atoms with Gasteiger partial charge in [0, 0.05) is 12.1 Å². The number of rotatable bonds is 7. The molecule has 0 aliphatic carbocycles. The van der Waals surface area contributed by atoms with Crippen LogP contribution in [0.4, 0.5) is 14.5 Å². The van der Waals surface area contributed by atoms with E-state index in [0.717, 1.165) is 0 Å². The molecular weight excluding hydrogens is 344 g/mol. The summed E-state index contributed by atoms with van der Waals surface area (Å²) in [4.78, 5) is 26.4. The molecule has 0 fully saturated rings. The molecule has 0 unspecified atom stereocenters. The molecule has 0 N–H and O–H groups in total. The zero-order chi connectivity index (χ0) is 19.1. The standard InChI is InChI=1S/C19H19F2NO4/c1-3-22(16-11-6-5-10-15(16)18(24)25-4-2)17(23)13-8-7-9-14(12-13)26-19(20)21/h5-12,19H,3-4H2,1-2H3. The van der Waals surface area contributed by atoms with Crippen LogP contribution in [-0.4, -0.2) is 31.6 Å². The quantitative estimate of drug-likeness (QED) is 0.694. The van der Waals surface area contributed by atoms with Gasteiger partial charge in [-0.2, -0.15) is 8.78 Å². The lowest BCUT2D eigenvalue weighted by Crippen LogP contribution is -2.32. The van der Waals surface area contributed by atoms with Crippen molar-refractivity contribution in [3.05, 3.63) is 59.7 Å². The summed E-state index contributed by atoms with van der Waals surface area (Å²) < 4.78 is 34.1. The van der Waals surface area contributed by atoms with Gasteiger partial charge in [0.15, 0.2) is 0 Å². The van der Waals surface area contributed by atoms with Crippen LogP contribution in [0.3, 0.4) is 0 Å². The van der Waals surface area contributed by atoms with E-state index in [0.29, 0.717) is 5.69 Å². The van der Waals surface area contributed by atoms with Crippen LogP contribution < -0.4 is 9.64 Å². The fourth-order valence-corrected chi connectivity index (χ4v) is 2.47. The van der Waals surface area contributed by atoms with Crippen molar-refractivity contribution in [1.29, 1.82) is 0 Å². The predicted octanol–water partition coefficient (Wildman–Crippen LogP) is 4.13. The van der Waals surface area contributed by atoms with Crippen LogP contribution in [0, 0.1) is 0 Å². The molecule has 0 saturated carbocycles. The third kappa shape index (κ3) is 4.56. The predicted molar refractivity (Wildman–Crippen MR) is 92.8 cm³/mol. The number of ether oxygens (including phenoxy) is 2. The van der Waals surface area contributed by atoms with E-state index in [1.165, 1.54) is 29.2 Å². The summed E-state index contributed by atoms with van der Waals surface area (Å²) in [6.07, 6.45) is 0. The zero-order valence-corrected chi connectivity index (χ0v) is 14.4. The Morgan fingerprint density at radius 3 is 2.46 bits per heavy atom. The Bertz CT molecular complexity index is 780. The molecule has 0 radical (unpaired) electrons. The van der Waals surface area contributed by atoms with Gasteiger partial charge in [-0.15, -0.1) is 0 Å². The highest BCUT2D eigenvalue weighted by Crippen LogP contribution is 2.25. The molecule has 0 aromatic heterocycles. The molecule has 26 heavy (non-hydrogen) atoms. The first kappa shape index (κ1) is 19.4. The normalized spacial score (nSPS) is 10.5. The van der Waals surface area contributed by atoms with E-state index in [-0.39, 0.29) is 30.0 Å². The summed E-state index contributed by atoms with van der Waals surface area (Å²) in [5.74, 6) is -1.09. The summed E-state index contributed by atoms with van der Waals surface area (Å²) >= 11 is 0. The number of alkyl halides is 2. The van der Waals surface area contributed by atoms with Crippen molar-refractivity contribution in [2.75, 3.05) is 18.1 Å². The zero-order valence-electron chi connectivity index (χ0n) is 14.4. The molecule has 5 nitrogen and oxygen atoms in total. The SMILES string of the molecule is CCOC(=O)c1ccccc1N(CC)C(=O)c1cccc(OC(F)F)c1. The van der Waals surface area contributed by atoms with Crippen molar-refractivity contribution in [1.82, 2.24) is 0 Å². The van der Waals surface area contributed by atoms with Gasteiger partial charge >= 0.3 is 12.6 Å². The average Bonchev–Trinajstić information content (AvgIpc) is 2.62. The van der Waals surface area contributed by atoms with E-state index in [2.05, 4.69) is 4.74 Å². The number of esters is 1. The number of hydrogen-bond acceptors (Lipinski definition) is 4. The van der Waals surface area contributed by atoms with Crippen molar-refractivity contribution in [2.24, 2.45) is 0 Å². The van der Waals surface area contributed by atoms with Gasteiger partial charge in [0.2, 0.25) is 0 Å². The maximum Gasteiger partial charge on any atom is 0.387 e. The van der Waals surface area contributed by atoms with Gasteiger partial charge in [-0.1, -0.05) is 18.2 Å². The number of halogens is 2. The van der Waals surface area contributed by atoms with Crippen LogP contribution in [0.1, 0.15) is 34.6 Å². The van der Waals surface area contributed by atoms with Crippen LogP contribution in [0.25, 0.3) is 0 Å². The number of hydrogen-bond donors (Lipinski definition) is 0. The molecule has 0 atom stereocenters. The van der Waals surface area contributed by atoms with Crippen molar-refractivity contribution >= 4 is 17.6 Å². The van der Waals surface area contributed by atoms with Gasteiger partial charge in [-0.3, -0.25) is 4.79 Å². The largest absolute Gasteiger partial charge is 0.462 e. The number of carbonyl (C=O) groups is 2. The molecule has 2 aromatic rings. The number of para-hydroxylation sites is 1. The van der Waals surface area contributed by atoms with Crippen molar-refractivity contribution < 1.29 is 27.8 Å². The van der Waals surface area contributed by atoms with Gasteiger partial charge in [-0.25, -0.2) is 4.79 Å². The maximum absolute atomic E-state index is 12.9. The molecule has 0 bridgehead atoms. The molecule has 0 saturated heterocycles. The maximum atomic E-state index is 12.9. The first-order valence-corrected chi connectivity index (χ1v) is 8.10. The van der Waals surface area contributed by atoms with E-state index >= 15 is 0 Å². The summed E-state index contributed by atoms with van der Waals surface area (Å²) in [6, 6.07) is 12.1. The molecule has 2 aromatic carbocycles. The molecule has 1 amide bonds. The smallest absolute Gasteiger partial charge is 0.387 e. The minimum atomic E-state index is -2.98. The first-order chi connectivity index (χ1) is 12.5. The van der Waals surface area contributed by atoms with Gasteiger partial charge < -0.3 is 14.4 Å². The van der Waals surface area contributed by atoms with E-state index in [1.807, 2.05) is 0 Å². The minimum absolute atomic E-state index is 0.111. The van der Waals surface area contributed by atoms with Crippen molar-refractivity contribution in [3.63, 3.8) is 0 Å². The Hall–Kier alpha value is -2.96. The molecule has 7 heteroatoms. The van der Waals surface area contributed by atoms with E-state index < -0.39 is 18.5 Å². The van der Waals surface area contributed by atoms with Crippen molar-refractivity contribution in [3.8, 4) is 5.75 Å². The lowest BCUT2D eigenvalue weighted by molar-refractivity contribution is -0.0498. The Labute approximate surface area is 150 Å². The Morgan fingerprint density at radius 2 is 1.81 bits per heavy atom. The molecule has 138 valence electrons. The Morgan fingerprint density at radius 1 is 1.08 bits per heavy atom. The van der Waals surface area contributed by atoms with E-state index in [1.54, 1.807) is 38.1 Å². The van der Waals surface area contributed by atoms with Crippen LogP contribution in [0.2, 0.25) is 0 Å². The molecule has 0 heterocycles. The second-order valence-electron chi connectivity index (χ2n) is 5.19. The second kappa shape index (κ2) is 8.94. The molecular formula is C19H19F2NO4. The fraction of sp³-hybridized carbons (Fsp3) is 0.263. The summed E-state index contributed by atoms with van der Waals surface area (Å²) in [5.41, 5.74) is 0.812. The van der Waals surface area contributed by atoms with Gasteiger partial charge in [0.05, 0.1) is 17.9 Å². The monoisotopic (exact) mass is 363 g/mol. The van der Waals surface area contributed by atoms with Crippen molar-refractivity contribution in [2.45, 2.75) is 20.5 Å². The highest BCUT2D eigenvalue weighted by atomic mass is 19.3. The lowest BCUT2D eigenvalue weighted by atomic mass is 10.1. The van der Waals surface area contributed by atoms with E-state index in [4.69, 9.17) is 4.74 Å². The third-order valence-corrected chi connectivity index (χ3v) is 3.56. The number of carbonyl (C=O) groups excluding carboxylic acids is 2.